The van der Waals surface area contributed by atoms with Crippen molar-refractivity contribution < 1.29 is 4.79 Å². The number of benzene rings is 1. The summed E-state index contributed by atoms with van der Waals surface area (Å²) in [5, 5.41) is 0.628. The van der Waals surface area contributed by atoms with Crippen LogP contribution in [0.1, 0.15) is 50.4 Å². The smallest absolute Gasteiger partial charge is 0.179 e. The zero-order valence-electron chi connectivity index (χ0n) is 12.6. The molecule has 1 aromatic carbocycles. The van der Waals surface area contributed by atoms with Gasteiger partial charge in [0.2, 0.25) is 0 Å². The fourth-order valence-corrected chi connectivity index (χ4v) is 2.73. The van der Waals surface area contributed by atoms with Gasteiger partial charge in [0.1, 0.15) is 0 Å². The molecule has 1 aromatic rings. The van der Waals surface area contributed by atoms with E-state index >= 15 is 0 Å². The molecule has 2 nitrogen and oxygen atoms in total. The SMILES string of the molecule is CC(C)CCN(C1CC1)C(C)C(=O)c1cccc(Cl)c1. The van der Waals surface area contributed by atoms with E-state index in [1.807, 2.05) is 19.1 Å². The van der Waals surface area contributed by atoms with E-state index in [4.69, 9.17) is 11.6 Å². The molecule has 0 saturated heterocycles. The van der Waals surface area contributed by atoms with E-state index in [1.54, 1.807) is 12.1 Å². The van der Waals surface area contributed by atoms with Gasteiger partial charge in [0.25, 0.3) is 0 Å². The molecule has 1 aliphatic rings. The van der Waals surface area contributed by atoms with E-state index in [0.717, 1.165) is 18.5 Å². The van der Waals surface area contributed by atoms with Crippen LogP contribution in [-0.2, 0) is 0 Å². The van der Waals surface area contributed by atoms with E-state index < -0.39 is 0 Å². The third-order valence-corrected chi connectivity index (χ3v) is 4.20. The van der Waals surface area contributed by atoms with Crippen molar-refractivity contribution in [1.29, 1.82) is 0 Å². The number of hydrogen-bond donors (Lipinski definition) is 0. The monoisotopic (exact) mass is 293 g/mol. The lowest BCUT2D eigenvalue weighted by atomic mass is 10.0. The number of carbonyl (C=O) groups excluding carboxylic acids is 1. The third-order valence-electron chi connectivity index (χ3n) is 3.97. The Morgan fingerprint density at radius 2 is 2.05 bits per heavy atom. The van der Waals surface area contributed by atoms with Gasteiger partial charge in [-0.15, -0.1) is 0 Å². The summed E-state index contributed by atoms with van der Waals surface area (Å²) in [5.41, 5.74) is 0.722. The number of ketones is 1. The van der Waals surface area contributed by atoms with Crippen LogP contribution in [0.3, 0.4) is 0 Å². The van der Waals surface area contributed by atoms with Gasteiger partial charge >= 0.3 is 0 Å². The van der Waals surface area contributed by atoms with Crippen molar-refractivity contribution in [1.82, 2.24) is 4.90 Å². The summed E-state index contributed by atoms with van der Waals surface area (Å²) < 4.78 is 0. The first-order valence-corrected chi connectivity index (χ1v) is 7.92. The molecule has 2 rings (SSSR count). The molecule has 3 heteroatoms. The fourth-order valence-electron chi connectivity index (χ4n) is 2.54. The maximum Gasteiger partial charge on any atom is 0.179 e. The lowest BCUT2D eigenvalue weighted by molar-refractivity contribution is 0.0818. The Labute approximate surface area is 127 Å². The average molecular weight is 294 g/mol. The van der Waals surface area contributed by atoms with Gasteiger partial charge in [0, 0.05) is 16.6 Å². The molecule has 0 spiro atoms. The molecule has 0 aliphatic heterocycles. The third kappa shape index (κ3) is 4.07. The predicted molar refractivity (Wildman–Crippen MR) is 84.4 cm³/mol. The number of rotatable bonds is 7. The molecule has 0 heterocycles. The molecule has 1 fully saturated rings. The van der Waals surface area contributed by atoms with Crippen molar-refractivity contribution in [2.45, 2.75) is 52.1 Å². The lowest BCUT2D eigenvalue weighted by Crippen LogP contribution is -2.41. The number of Topliss-reactive ketones (excluding diaryl/α,β-unsaturated/α-hetero) is 1. The van der Waals surface area contributed by atoms with Crippen molar-refractivity contribution in [3.63, 3.8) is 0 Å². The minimum absolute atomic E-state index is 0.0558. The molecule has 1 saturated carbocycles. The van der Waals surface area contributed by atoms with Gasteiger partial charge in [-0.3, -0.25) is 9.69 Å². The maximum absolute atomic E-state index is 12.6. The first-order valence-electron chi connectivity index (χ1n) is 7.54. The quantitative estimate of drug-likeness (QED) is 0.694. The Bertz CT molecular complexity index is 468. The minimum atomic E-state index is -0.0558. The van der Waals surface area contributed by atoms with Gasteiger partial charge in [-0.1, -0.05) is 37.6 Å². The van der Waals surface area contributed by atoms with Gasteiger partial charge in [-0.25, -0.2) is 0 Å². The molecule has 1 atom stereocenters. The Kier molecular flexibility index (Phi) is 5.22. The van der Waals surface area contributed by atoms with Crippen LogP contribution < -0.4 is 0 Å². The highest BCUT2D eigenvalue weighted by atomic mass is 35.5. The maximum atomic E-state index is 12.6. The standard InChI is InChI=1S/C17H24ClNO/c1-12(2)9-10-19(16-7-8-16)13(3)17(20)14-5-4-6-15(18)11-14/h4-6,11-13,16H,7-10H2,1-3H3. The number of carbonyl (C=O) groups is 1. The van der Waals surface area contributed by atoms with Gasteiger partial charge in [-0.05, 0) is 50.8 Å². The highest BCUT2D eigenvalue weighted by Gasteiger charge is 2.34. The normalized spacial score (nSPS) is 16.7. The van der Waals surface area contributed by atoms with Crippen LogP contribution in [0.4, 0.5) is 0 Å². The van der Waals surface area contributed by atoms with Crippen molar-refractivity contribution in [3.8, 4) is 0 Å². The second-order valence-electron chi connectivity index (χ2n) is 6.20. The second-order valence-corrected chi connectivity index (χ2v) is 6.64. The first kappa shape index (κ1) is 15.5. The summed E-state index contributed by atoms with van der Waals surface area (Å²) in [7, 11) is 0. The van der Waals surface area contributed by atoms with E-state index in [1.165, 1.54) is 12.8 Å². The topological polar surface area (TPSA) is 20.3 Å². The lowest BCUT2D eigenvalue weighted by Gasteiger charge is -2.29. The van der Waals surface area contributed by atoms with Crippen molar-refractivity contribution in [2.24, 2.45) is 5.92 Å². The summed E-state index contributed by atoms with van der Waals surface area (Å²) >= 11 is 5.98. The highest BCUT2D eigenvalue weighted by molar-refractivity contribution is 6.31. The van der Waals surface area contributed by atoms with Crippen LogP contribution in [-0.4, -0.2) is 29.3 Å². The van der Waals surface area contributed by atoms with Crippen molar-refractivity contribution in [3.05, 3.63) is 34.9 Å². The van der Waals surface area contributed by atoms with Crippen LogP contribution in [0.25, 0.3) is 0 Å². The minimum Gasteiger partial charge on any atom is -0.292 e. The summed E-state index contributed by atoms with van der Waals surface area (Å²) in [6.45, 7) is 7.50. The first-order chi connectivity index (χ1) is 9.49. The largest absolute Gasteiger partial charge is 0.292 e. The van der Waals surface area contributed by atoms with Crippen molar-refractivity contribution >= 4 is 17.4 Å². The molecule has 0 amide bonds. The number of nitrogens with zero attached hydrogens (tertiary/aromatic N) is 1. The molecule has 20 heavy (non-hydrogen) atoms. The van der Waals surface area contributed by atoms with Gasteiger partial charge < -0.3 is 0 Å². The molecule has 0 aromatic heterocycles. The highest BCUT2D eigenvalue weighted by Crippen LogP contribution is 2.30. The second kappa shape index (κ2) is 6.73. The van der Waals surface area contributed by atoms with Crippen LogP contribution in [0, 0.1) is 5.92 Å². The Morgan fingerprint density at radius 3 is 2.60 bits per heavy atom. The van der Waals surface area contributed by atoms with Gasteiger partial charge in [0.15, 0.2) is 5.78 Å². The van der Waals surface area contributed by atoms with Crippen LogP contribution in [0.2, 0.25) is 5.02 Å². The van der Waals surface area contributed by atoms with Crippen LogP contribution in [0.15, 0.2) is 24.3 Å². The Balaban J connectivity index is 2.06. The summed E-state index contributed by atoms with van der Waals surface area (Å²) in [6.07, 6.45) is 3.60. The zero-order chi connectivity index (χ0) is 14.7. The Hall–Kier alpha value is -0.860. The molecule has 0 radical (unpaired) electrons. The summed E-state index contributed by atoms with van der Waals surface area (Å²) in [6, 6.07) is 7.83. The van der Waals surface area contributed by atoms with Crippen LogP contribution >= 0.6 is 11.6 Å². The van der Waals surface area contributed by atoms with E-state index in [9.17, 15) is 4.79 Å². The van der Waals surface area contributed by atoms with E-state index in [-0.39, 0.29) is 11.8 Å². The number of hydrogen-bond acceptors (Lipinski definition) is 2. The molecule has 1 aliphatic carbocycles. The number of halogens is 1. The predicted octanol–water partition coefficient (Wildman–Crippen LogP) is 4.42. The molecular formula is C17H24ClNO. The summed E-state index contributed by atoms with van der Waals surface area (Å²) in [4.78, 5) is 15.0. The molecule has 0 N–H and O–H groups in total. The van der Waals surface area contributed by atoms with Gasteiger partial charge in [-0.2, -0.15) is 0 Å². The Morgan fingerprint density at radius 1 is 1.35 bits per heavy atom. The van der Waals surface area contributed by atoms with Crippen LogP contribution in [0.5, 0.6) is 0 Å². The van der Waals surface area contributed by atoms with Crippen molar-refractivity contribution in [2.75, 3.05) is 6.54 Å². The van der Waals surface area contributed by atoms with Gasteiger partial charge in [0.05, 0.1) is 6.04 Å². The zero-order valence-corrected chi connectivity index (χ0v) is 13.4. The molecular weight excluding hydrogens is 270 g/mol. The summed E-state index contributed by atoms with van der Waals surface area (Å²) in [5.74, 6) is 0.855. The molecule has 110 valence electrons. The molecule has 0 bridgehead atoms. The average Bonchev–Trinajstić information content (AvgIpc) is 3.22. The molecule has 1 unspecified atom stereocenters. The van der Waals surface area contributed by atoms with E-state index in [2.05, 4.69) is 18.7 Å². The van der Waals surface area contributed by atoms with E-state index in [0.29, 0.717) is 17.0 Å². The fraction of sp³-hybridized carbons (Fsp3) is 0.588.